The van der Waals surface area contributed by atoms with Crippen molar-refractivity contribution in [3.05, 3.63) is 77.6 Å². The molecule has 6 nitrogen and oxygen atoms in total. The molecule has 0 radical (unpaired) electrons. The highest BCUT2D eigenvalue weighted by Gasteiger charge is 2.09. The van der Waals surface area contributed by atoms with Crippen LogP contribution in [0.5, 0.6) is 0 Å². The van der Waals surface area contributed by atoms with Gasteiger partial charge in [0.05, 0.1) is 5.69 Å². The lowest BCUT2D eigenvalue weighted by Gasteiger charge is -2.08. The van der Waals surface area contributed by atoms with Crippen LogP contribution in [-0.4, -0.2) is 25.7 Å². The van der Waals surface area contributed by atoms with Crippen LogP contribution in [0.25, 0.3) is 16.9 Å². The number of carbonyl (C=O) groups is 1. The minimum absolute atomic E-state index is 0.135. The molecule has 0 saturated carbocycles. The normalized spacial score (nSPS) is 10.8. The summed E-state index contributed by atoms with van der Waals surface area (Å²) < 4.78 is 1.70. The van der Waals surface area contributed by atoms with Crippen molar-refractivity contribution in [3.8, 4) is 11.3 Å². The zero-order chi connectivity index (χ0) is 18.1. The van der Waals surface area contributed by atoms with Gasteiger partial charge < -0.3 is 5.32 Å². The van der Waals surface area contributed by atoms with Gasteiger partial charge in [0.1, 0.15) is 0 Å². The van der Waals surface area contributed by atoms with Gasteiger partial charge in [0, 0.05) is 16.8 Å². The number of nitrogens with one attached hydrogen (secondary N) is 1. The fraction of sp³-hybridized carbons (Fsp3) is 0.100. The number of carbonyl (C=O) groups excluding carboxylic acids is 1. The van der Waals surface area contributed by atoms with Crippen LogP contribution in [0.1, 0.15) is 21.7 Å². The van der Waals surface area contributed by atoms with Gasteiger partial charge in [-0.15, -0.1) is 10.2 Å². The molecular formula is C20H17N5O. The molecule has 0 spiro atoms. The van der Waals surface area contributed by atoms with E-state index in [2.05, 4.69) is 20.6 Å². The highest BCUT2D eigenvalue weighted by atomic mass is 16.1. The van der Waals surface area contributed by atoms with Gasteiger partial charge in [-0.2, -0.15) is 9.61 Å². The summed E-state index contributed by atoms with van der Waals surface area (Å²) in [5.74, 6) is 0.592. The quantitative estimate of drug-likeness (QED) is 0.616. The maximum atomic E-state index is 12.5. The largest absolute Gasteiger partial charge is 0.322 e. The molecule has 1 amide bonds. The number of benzene rings is 2. The summed E-state index contributed by atoms with van der Waals surface area (Å²) in [6, 6.07) is 18.9. The van der Waals surface area contributed by atoms with Crippen molar-refractivity contribution >= 4 is 17.2 Å². The zero-order valence-electron chi connectivity index (χ0n) is 14.5. The number of fused-ring (bicyclic) bond motifs is 1. The maximum absolute atomic E-state index is 12.5. The number of hydrogen-bond acceptors (Lipinski definition) is 4. The van der Waals surface area contributed by atoms with Gasteiger partial charge in [-0.25, -0.2) is 0 Å². The van der Waals surface area contributed by atoms with E-state index in [-0.39, 0.29) is 5.91 Å². The summed E-state index contributed by atoms with van der Waals surface area (Å²) in [5.41, 5.74) is 4.80. The minimum Gasteiger partial charge on any atom is -0.322 e. The topological polar surface area (TPSA) is 72.2 Å². The number of aryl methyl sites for hydroxylation is 2. The van der Waals surface area contributed by atoms with E-state index in [0.717, 1.165) is 28.3 Å². The van der Waals surface area contributed by atoms with E-state index >= 15 is 0 Å². The van der Waals surface area contributed by atoms with Crippen molar-refractivity contribution in [1.82, 2.24) is 19.8 Å². The molecule has 0 fully saturated rings. The molecule has 4 rings (SSSR count). The summed E-state index contributed by atoms with van der Waals surface area (Å²) in [4.78, 5) is 12.5. The lowest BCUT2D eigenvalue weighted by Crippen LogP contribution is -2.12. The predicted molar refractivity (Wildman–Crippen MR) is 100 cm³/mol. The standard InChI is InChI=1S/C20H17N5O/c1-13-5-3-7-16(11-13)20(26)21-17-8-4-6-15(12-17)18-9-10-19-23-22-14(2)25(19)24-18/h3-12H,1-2H3,(H,21,26). The molecule has 0 aliphatic rings. The van der Waals surface area contributed by atoms with Crippen molar-refractivity contribution in [2.45, 2.75) is 13.8 Å². The average Bonchev–Trinajstić information content (AvgIpc) is 3.02. The van der Waals surface area contributed by atoms with Crippen molar-refractivity contribution < 1.29 is 4.79 Å². The Bertz CT molecular complexity index is 1120. The Morgan fingerprint density at radius 2 is 1.81 bits per heavy atom. The molecule has 1 N–H and O–H groups in total. The summed E-state index contributed by atoms with van der Waals surface area (Å²) in [7, 11) is 0. The van der Waals surface area contributed by atoms with Crippen LogP contribution in [0.4, 0.5) is 5.69 Å². The molecule has 0 unspecified atom stereocenters. The molecule has 26 heavy (non-hydrogen) atoms. The van der Waals surface area contributed by atoms with E-state index in [1.165, 1.54) is 0 Å². The Morgan fingerprint density at radius 3 is 2.65 bits per heavy atom. The van der Waals surface area contributed by atoms with Crippen molar-refractivity contribution in [3.63, 3.8) is 0 Å². The first-order chi connectivity index (χ1) is 12.6. The molecule has 128 valence electrons. The van der Waals surface area contributed by atoms with E-state index in [9.17, 15) is 4.79 Å². The second-order valence-corrected chi connectivity index (χ2v) is 6.14. The molecule has 0 saturated heterocycles. The van der Waals surface area contributed by atoms with Crippen LogP contribution in [0.15, 0.2) is 60.7 Å². The number of aromatic nitrogens is 4. The van der Waals surface area contributed by atoms with Crippen LogP contribution in [-0.2, 0) is 0 Å². The van der Waals surface area contributed by atoms with Gasteiger partial charge in [-0.1, -0.05) is 29.8 Å². The van der Waals surface area contributed by atoms with Crippen LogP contribution < -0.4 is 5.32 Å². The smallest absolute Gasteiger partial charge is 0.255 e. The molecule has 4 aromatic rings. The Balaban J connectivity index is 1.63. The lowest BCUT2D eigenvalue weighted by atomic mass is 10.1. The molecule has 6 heteroatoms. The number of nitrogens with zero attached hydrogens (tertiary/aromatic N) is 4. The van der Waals surface area contributed by atoms with Crippen molar-refractivity contribution in [2.75, 3.05) is 5.32 Å². The molecule has 0 aliphatic carbocycles. The van der Waals surface area contributed by atoms with Crippen LogP contribution >= 0.6 is 0 Å². The van der Waals surface area contributed by atoms with Gasteiger partial charge in [0.2, 0.25) is 0 Å². The van der Waals surface area contributed by atoms with Gasteiger partial charge in [-0.05, 0) is 50.2 Å². The molecule has 0 aliphatic heterocycles. The Hall–Kier alpha value is -3.54. The van der Waals surface area contributed by atoms with E-state index in [0.29, 0.717) is 11.2 Å². The predicted octanol–water partition coefficient (Wildman–Crippen LogP) is 3.66. The number of rotatable bonds is 3. The van der Waals surface area contributed by atoms with Gasteiger partial charge in [0.25, 0.3) is 5.91 Å². The highest BCUT2D eigenvalue weighted by Crippen LogP contribution is 2.22. The number of amides is 1. The third kappa shape index (κ3) is 3.04. The fourth-order valence-corrected chi connectivity index (χ4v) is 2.80. The lowest BCUT2D eigenvalue weighted by molar-refractivity contribution is 0.102. The summed E-state index contributed by atoms with van der Waals surface area (Å²) in [5, 5.41) is 15.6. The minimum atomic E-state index is -0.135. The molecule has 2 aromatic heterocycles. The maximum Gasteiger partial charge on any atom is 0.255 e. The third-order valence-corrected chi connectivity index (χ3v) is 4.12. The Kier molecular flexibility index (Phi) is 3.93. The van der Waals surface area contributed by atoms with Gasteiger partial charge in [0.15, 0.2) is 11.5 Å². The summed E-state index contributed by atoms with van der Waals surface area (Å²) in [6.45, 7) is 3.82. The first kappa shape index (κ1) is 16.0. The van der Waals surface area contributed by atoms with Gasteiger partial charge in [-0.3, -0.25) is 4.79 Å². The number of anilines is 1. The Morgan fingerprint density at radius 1 is 0.962 bits per heavy atom. The summed E-state index contributed by atoms with van der Waals surface area (Å²) in [6.07, 6.45) is 0. The fourth-order valence-electron chi connectivity index (χ4n) is 2.80. The number of hydrogen-bond donors (Lipinski definition) is 1. The van der Waals surface area contributed by atoms with E-state index in [1.807, 2.05) is 68.4 Å². The molecular weight excluding hydrogens is 326 g/mol. The average molecular weight is 343 g/mol. The first-order valence-corrected chi connectivity index (χ1v) is 8.28. The van der Waals surface area contributed by atoms with E-state index in [1.54, 1.807) is 10.6 Å². The van der Waals surface area contributed by atoms with Crippen LogP contribution in [0.3, 0.4) is 0 Å². The second kappa shape index (κ2) is 6.40. The van der Waals surface area contributed by atoms with Crippen LogP contribution in [0.2, 0.25) is 0 Å². The van der Waals surface area contributed by atoms with Crippen LogP contribution in [0, 0.1) is 13.8 Å². The van der Waals surface area contributed by atoms with Gasteiger partial charge >= 0.3 is 0 Å². The molecule has 0 bridgehead atoms. The highest BCUT2D eigenvalue weighted by molar-refractivity contribution is 6.04. The zero-order valence-corrected chi connectivity index (χ0v) is 14.5. The summed E-state index contributed by atoms with van der Waals surface area (Å²) >= 11 is 0. The Labute approximate surface area is 150 Å². The van der Waals surface area contributed by atoms with E-state index in [4.69, 9.17) is 0 Å². The molecule has 2 aromatic carbocycles. The van der Waals surface area contributed by atoms with Crippen molar-refractivity contribution in [2.24, 2.45) is 0 Å². The van der Waals surface area contributed by atoms with E-state index < -0.39 is 0 Å². The third-order valence-electron chi connectivity index (χ3n) is 4.12. The first-order valence-electron chi connectivity index (χ1n) is 8.28. The van der Waals surface area contributed by atoms with Crippen molar-refractivity contribution in [1.29, 1.82) is 0 Å². The SMILES string of the molecule is Cc1cccc(C(=O)Nc2cccc(-c3ccc4nnc(C)n4n3)c2)c1. The monoisotopic (exact) mass is 343 g/mol. The molecule has 0 atom stereocenters. The molecule has 2 heterocycles. The second-order valence-electron chi connectivity index (χ2n) is 6.14.